The molecule has 1 fully saturated rings. The Labute approximate surface area is 92.9 Å². The fourth-order valence-corrected chi connectivity index (χ4v) is 2.62. The maximum atomic E-state index is 3.74. The Kier molecular flexibility index (Phi) is 3.30. The van der Waals surface area contributed by atoms with Gasteiger partial charge in [0.2, 0.25) is 0 Å². The van der Waals surface area contributed by atoms with E-state index in [1.807, 2.05) is 0 Å². The molecule has 1 aromatic rings. The van der Waals surface area contributed by atoms with Crippen LogP contribution in [0.25, 0.3) is 0 Å². The predicted molar refractivity (Wildman–Crippen MR) is 66.2 cm³/mol. The summed E-state index contributed by atoms with van der Waals surface area (Å²) in [6.07, 6.45) is 8.08. The summed E-state index contributed by atoms with van der Waals surface area (Å²) < 4.78 is 0. The average molecular weight is 203 g/mol. The van der Waals surface area contributed by atoms with Gasteiger partial charge >= 0.3 is 0 Å². The monoisotopic (exact) mass is 203 g/mol. The molecule has 2 rings (SSSR count). The van der Waals surface area contributed by atoms with Crippen LogP contribution in [0.4, 0.5) is 5.69 Å². The topological polar surface area (TPSA) is 12.0 Å². The lowest BCUT2D eigenvalue weighted by Gasteiger charge is -2.38. The Bertz CT molecular complexity index is 285. The zero-order valence-electron chi connectivity index (χ0n) is 9.63. The number of para-hydroxylation sites is 1. The van der Waals surface area contributed by atoms with Crippen molar-refractivity contribution < 1.29 is 0 Å². The molecule has 0 amide bonds. The van der Waals surface area contributed by atoms with E-state index in [9.17, 15) is 0 Å². The SMILES string of the molecule is CCC1(Nc2ccccc2)CCCCC1. The maximum Gasteiger partial charge on any atom is 0.0371 e. The van der Waals surface area contributed by atoms with Crippen molar-refractivity contribution in [1.82, 2.24) is 0 Å². The maximum absolute atomic E-state index is 3.74. The normalized spacial score (nSPS) is 19.8. The first-order chi connectivity index (χ1) is 7.35. The molecule has 1 saturated carbocycles. The Balaban J connectivity index is 2.07. The van der Waals surface area contributed by atoms with Gasteiger partial charge in [-0.25, -0.2) is 0 Å². The van der Waals surface area contributed by atoms with Crippen molar-refractivity contribution in [3.05, 3.63) is 30.3 Å². The van der Waals surface area contributed by atoms with Gasteiger partial charge in [0.05, 0.1) is 0 Å². The molecule has 1 aromatic carbocycles. The van der Waals surface area contributed by atoms with Crippen LogP contribution in [0.1, 0.15) is 45.4 Å². The molecule has 0 aromatic heterocycles. The molecule has 0 spiro atoms. The van der Waals surface area contributed by atoms with Gasteiger partial charge in [-0.2, -0.15) is 0 Å². The van der Waals surface area contributed by atoms with Gasteiger partial charge in [0.25, 0.3) is 0 Å². The van der Waals surface area contributed by atoms with Gasteiger partial charge in [0.15, 0.2) is 0 Å². The van der Waals surface area contributed by atoms with Crippen LogP contribution in [-0.4, -0.2) is 5.54 Å². The molecule has 1 aliphatic rings. The molecule has 82 valence electrons. The third kappa shape index (κ3) is 2.53. The van der Waals surface area contributed by atoms with E-state index in [0.717, 1.165) is 0 Å². The van der Waals surface area contributed by atoms with Crippen LogP contribution in [-0.2, 0) is 0 Å². The molecule has 1 N–H and O–H groups in total. The summed E-state index contributed by atoms with van der Waals surface area (Å²) in [5.74, 6) is 0. The lowest BCUT2D eigenvalue weighted by molar-refractivity contribution is 0.314. The van der Waals surface area contributed by atoms with Crippen LogP contribution in [0.2, 0.25) is 0 Å². The van der Waals surface area contributed by atoms with Crippen LogP contribution in [0, 0.1) is 0 Å². The second kappa shape index (κ2) is 4.69. The minimum Gasteiger partial charge on any atom is -0.380 e. The molecule has 0 radical (unpaired) electrons. The van der Waals surface area contributed by atoms with Crippen molar-refractivity contribution >= 4 is 5.69 Å². The molecule has 0 bridgehead atoms. The van der Waals surface area contributed by atoms with Crippen molar-refractivity contribution in [2.24, 2.45) is 0 Å². The lowest BCUT2D eigenvalue weighted by atomic mass is 9.79. The largest absolute Gasteiger partial charge is 0.380 e. The molecule has 1 aliphatic carbocycles. The summed E-state index contributed by atoms with van der Waals surface area (Å²) in [7, 11) is 0. The van der Waals surface area contributed by atoms with E-state index in [1.54, 1.807) is 0 Å². The van der Waals surface area contributed by atoms with E-state index in [0.29, 0.717) is 5.54 Å². The van der Waals surface area contributed by atoms with Crippen molar-refractivity contribution in [3.63, 3.8) is 0 Å². The number of hydrogen-bond acceptors (Lipinski definition) is 1. The van der Waals surface area contributed by atoms with Gasteiger partial charge in [-0.15, -0.1) is 0 Å². The predicted octanol–water partition coefficient (Wildman–Crippen LogP) is 4.21. The van der Waals surface area contributed by atoms with Crippen molar-refractivity contribution in [1.29, 1.82) is 0 Å². The molecule has 0 atom stereocenters. The van der Waals surface area contributed by atoms with Gasteiger partial charge in [-0.3, -0.25) is 0 Å². The smallest absolute Gasteiger partial charge is 0.0371 e. The zero-order chi connectivity index (χ0) is 10.6. The van der Waals surface area contributed by atoms with Crippen molar-refractivity contribution in [2.75, 3.05) is 5.32 Å². The number of rotatable bonds is 3. The van der Waals surface area contributed by atoms with Gasteiger partial charge < -0.3 is 5.32 Å². The third-order valence-corrected chi connectivity index (χ3v) is 3.67. The zero-order valence-corrected chi connectivity index (χ0v) is 9.63. The summed E-state index contributed by atoms with van der Waals surface area (Å²) in [6.45, 7) is 2.31. The van der Waals surface area contributed by atoms with E-state index in [-0.39, 0.29) is 0 Å². The second-order valence-electron chi connectivity index (χ2n) is 4.69. The number of hydrogen-bond donors (Lipinski definition) is 1. The van der Waals surface area contributed by atoms with E-state index < -0.39 is 0 Å². The molecule has 1 nitrogen and oxygen atoms in total. The summed E-state index contributed by atoms with van der Waals surface area (Å²) in [4.78, 5) is 0. The highest BCUT2D eigenvalue weighted by molar-refractivity contribution is 5.45. The quantitative estimate of drug-likeness (QED) is 0.776. The minimum absolute atomic E-state index is 0.375. The standard InChI is InChI=1S/C14H21N/c1-2-14(11-7-4-8-12-14)15-13-9-5-3-6-10-13/h3,5-6,9-10,15H,2,4,7-8,11-12H2,1H3. The fourth-order valence-electron chi connectivity index (χ4n) is 2.62. The van der Waals surface area contributed by atoms with E-state index in [2.05, 4.69) is 42.6 Å². The Morgan fingerprint density at radius 2 is 1.73 bits per heavy atom. The molecule has 0 heterocycles. The first-order valence-electron chi connectivity index (χ1n) is 6.18. The van der Waals surface area contributed by atoms with Crippen LogP contribution in [0.3, 0.4) is 0 Å². The van der Waals surface area contributed by atoms with Crippen LogP contribution >= 0.6 is 0 Å². The van der Waals surface area contributed by atoms with Gasteiger partial charge in [0.1, 0.15) is 0 Å². The summed E-state index contributed by atoms with van der Waals surface area (Å²) in [6, 6.07) is 10.6. The van der Waals surface area contributed by atoms with Gasteiger partial charge in [-0.05, 0) is 31.4 Å². The third-order valence-electron chi connectivity index (χ3n) is 3.67. The Hall–Kier alpha value is -0.980. The first-order valence-corrected chi connectivity index (χ1v) is 6.18. The average Bonchev–Trinajstić information content (AvgIpc) is 2.32. The summed E-state index contributed by atoms with van der Waals surface area (Å²) >= 11 is 0. The molecule has 0 unspecified atom stereocenters. The van der Waals surface area contributed by atoms with Crippen LogP contribution in [0.5, 0.6) is 0 Å². The number of benzene rings is 1. The first kappa shape index (κ1) is 10.5. The second-order valence-corrected chi connectivity index (χ2v) is 4.69. The lowest BCUT2D eigenvalue weighted by Crippen LogP contribution is -2.39. The molecule has 15 heavy (non-hydrogen) atoms. The van der Waals surface area contributed by atoms with Crippen molar-refractivity contribution in [3.8, 4) is 0 Å². The van der Waals surface area contributed by atoms with Gasteiger partial charge in [-0.1, -0.05) is 44.4 Å². The van der Waals surface area contributed by atoms with E-state index >= 15 is 0 Å². The van der Waals surface area contributed by atoms with Crippen LogP contribution < -0.4 is 5.32 Å². The highest BCUT2D eigenvalue weighted by Gasteiger charge is 2.29. The summed E-state index contributed by atoms with van der Waals surface area (Å²) in [5, 5.41) is 3.74. The highest BCUT2D eigenvalue weighted by atomic mass is 15.0. The fraction of sp³-hybridized carbons (Fsp3) is 0.571. The number of nitrogens with one attached hydrogen (secondary N) is 1. The molecule has 1 heteroatoms. The van der Waals surface area contributed by atoms with E-state index in [4.69, 9.17) is 0 Å². The summed E-state index contributed by atoms with van der Waals surface area (Å²) in [5.41, 5.74) is 1.65. The highest BCUT2D eigenvalue weighted by Crippen LogP contribution is 2.33. The molecule has 0 saturated heterocycles. The van der Waals surface area contributed by atoms with Crippen LogP contribution in [0.15, 0.2) is 30.3 Å². The Morgan fingerprint density at radius 1 is 1.07 bits per heavy atom. The molecular weight excluding hydrogens is 182 g/mol. The minimum atomic E-state index is 0.375. The molecule has 0 aliphatic heterocycles. The molecular formula is C14H21N. The number of anilines is 1. The van der Waals surface area contributed by atoms with E-state index in [1.165, 1.54) is 44.2 Å². The van der Waals surface area contributed by atoms with Gasteiger partial charge in [0, 0.05) is 11.2 Å². The van der Waals surface area contributed by atoms with Crippen molar-refractivity contribution in [2.45, 2.75) is 51.0 Å². The Morgan fingerprint density at radius 3 is 2.33 bits per heavy atom.